The largest absolute Gasteiger partial charge is 0.336 e. The molecule has 0 saturated carbocycles. The Morgan fingerprint density at radius 1 is 0.786 bits per heavy atom. The molecule has 0 bridgehead atoms. The van der Waals surface area contributed by atoms with Crippen LogP contribution in [-0.2, 0) is 19.6 Å². The van der Waals surface area contributed by atoms with Gasteiger partial charge in [0.25, 0.3) is 5.91 Å². The van der Waals surface area contributed by atoms with Gasteiger partial charge in [-0.25, -0.2) is 9.78 Å². The van der Waals surface area contributed by atoms with Crippen LogP contribution in [0.25, 0.3) is 22.1 Å². The summed E-state index contributed by atoms with van der Waals surface area (Å²) in [5.74, 6) is 0.931. The quantitative estimate of drug-likeness (QED) is 0.285. The van der Waals surface area contributed by atoms with Gasteiger partial charge in [0, 0.05) is 44.8 Å². The van der Waals surface area contributed by atoms with Crippen LogP contribution in [-0.4, -0.2) is 93.2 Å². The second-order valence-electron chi connectivity index (χ2n) is 11.2. The van der Waals surface area contributed by atoms with Crippen LogP contribution >= 0.6 is 0 Å². The maximum absolute atomic E-state index is 13.9. The van der Waals surface area contributed by atoms with E-state index in [4.69, 9.17) is 4.98 Å². The van der Waals surface area contributed by atoms with Crippen molar-refractivity contribution in [3.05, 3.63) is 100 Å². The van der Waals surface area contributed by atoms with Gasteiger partial charge in [-0.3, -0.25) is 13.9 Å². The Labute approximate surface area is 247 Å². The summed E-state index contributed by atoms with van der Waals surface area (Å²) in [6, 6.07) is 23.8. The maximum atomic E-state index is 13.9. The fraction of sp³-hybridized carbons (Fsp3) is 0.364. The lowest BCUT2D eigenvalue weighted by atomic mass is 10.1. The van der Waals surface area contributed by atoms with Crippen molar-refractivity contribution in [2.45, 2.75) is 27.1 Å². The lowest BCUT2D eigenvalue weighted by Crippen LogP contribution is -2.47. The molecule has 2 aromatic heterocycles. The van der Waals surface area contributed by atoms with Crippen LogP contribution in [0.5, 0.6) is 0 Å². The number of carbonyl (C=O) groups excluding carboxylic acids is 1. The standard InChI is InChI=1S/C32H37N7O2.CH4/c1-34(2)16-21-37-27-9-5-4-8-26(27)33-30(37)23-39-29-11-7-6-10-28(29)38(32(39)41)22-24-12-14-25(15-13-24)31(40)36-19-17-35(3)18-20-36;/h4-15H,16-23H2,1-3H3;1H4. The fourth-order valence-electron chi connectivity index (χ4n) is 5.64. The van der Waals surface area contributed by atoms with Crippen LogP contribution in [0.15, 0.2) is 77.6 Å². The van der Waals surface area contributed by atoms with Crippen molar-refractivity contribution in [2.75, 3.05) is 53.9 Å². The minimum Gasteiger partial charge on any atom is -0.336 e. The van der Waals surface area contributed by atoms with E-state index in [2.05, 4.69) is 41.6 Å². The number of likely N-dealkylation sites (N-methyl/N-ethyl adjacent to an activating group) is 2. The molecule has 1 saturated heterocycles. The number of carbonyl (C=O) groups is 1. The van der Waals surface area contributed by atoms with Crippen LogP contribution in [0.1, 0.15) is 29.2 Å². The van der Waals surface area contributed by atoms with Gasteiger partial charge in [-0.1, -0.05) is 43.8 Å². The number of hydrogen-bond acceptors (Lipinski definition) is 5. The van der Waals surface area contributed by atoms with Gasteiger partial charge in [-0.05, 0) is 63.1 Å². The number of benzene rings is 3. The molecule has 1 aliphatic rings. The van der Waals surface area contributed by atoms with Gasteiger partial charge in [0.1, 0.15) is 5.82 Å². The van der Waals surface area contributed by atoms with Gasteiger partial charge in [0.05, 0.1) is 35.2 Å². The first-order valence-electron chi connectivity index (χ1n) is 14.2. The number of piperazine rings is 1. The molecular formula is C33H41N7O2. The molecule has 42 heavy (non-hydrogen) atoms. The normalized spacial score (nSPS) is 14.1. The lowest BCUT2D eigenvalue weighted by molar-refractivity contribution is 0.0664. The summed E-state index contributed by atoms with van der Waals surface area (Å²) < 4.78 is 5.87. The first-order chi connectivity index (χ1) is 19.9. The topological polar surface area (TPSA) is 71.5 Å². The van der Waals surface area contributed by atoms with E-state index in [-0.39, 0.29) is 19.0 Å². The summed E-state index contributed by atoms with van der Waals surface area (Å²) in [4.78, 5) is 38.1. The minimum absolute atomic E-state index is 0. The van der Waals surface area contributed by atoms with Crippen LogP contribution in [0.3, 0.4) is 0 Å². The van der Waals surface area contributed by atoms with E-state index in [1.807, 2.05) is 80.8 Å². The Bertz CT molecular complexity index is 1740. The Kier molecular flexibility index (Phi) is 8.61. The summed E-state index contributed by atoms with van der Waals surface area (Å²) in [5, 5.41) is 0. The van der Waals surface area contributed by atoms with Gasteiger partial charge in [-0.2, -0.15) is 0 Å². The smallest absolute Gasteiger partial charge is 0.329 e. The Morgan fingerprint density at radius 2 is 1.38 bits per heavy atom. The zero-order chi connectivity index (χ0) is 28.5. The molecule has 0 spiro atoms. The molecule has 9 nitrogen and oxygen atoms in total. The number of para-hydroxylation sites is 4. The predicted molar refractivity (Wildman–Crippen MR) is 169 cm³/mol. The number of rotatable bonds is 8. The van der Waals surface area contributed by atoms with Crippen LogP contribution < -0.4 is 5.69 Å². The maximum Gasteiger partial charge on any atom is 0.329 e. The highest BCUT2D eigenvalue weighted by Crippen LogP contribution is 2.20. The summed E-state index contributed by atoms with van der Waals surface area (Å²) in [5.41, 5.74) is 5.36. The SMILES string of the molecule is C.CN(C)CCn1c(Cn2c(=O)n(Cc3ccc(C(=O)N4CCN(C)CC4)cc3)c3ccccc32)nc2ccccc21. The Hall–Kier alpha value is -4.21. The Morgan fingerprint density at radius 3 is 2.02 bits per heavy atom. The first-order valence-corrected chi connectivity index (χ1v) is 14.2. The van der Waals surface area contributed by atoms with Crippen molar-refractivity contribution in [1.82, 2.24) is 33.4 Å². The minimum atomic E-state index is -0.0741. The summed E-state index contributed by atoms with van der Waals surface area (Å²) in [6.07, 6.45) is 0. The number of imidazole rings is 2. The van der Waals surface area contributed by atoms with Gasteiger partial charge in [0.2, 0.25) is 0 Å². The molecule has 220 valence electrons. The van der Waals surface area contributed by atoms with Crippen molar-refractivity contribution < 1.29 is 4.79 Å². The molecule has 0 aliphatic carbocycles. The fourth-order valence-corrected chi connectivity index (χ4v) is 5.64. The predicted octanol–water partition coefficient (Wildman–Crippen LogP) is 3.83. The molecule has 6 rings (SSSR count). The number of aromatic nitrogens is 4. The third kappa shape index (κ3) is 5.75. The van der Waals surface area contributed by atoms with Crippen molar-refractivity contribution in [1.29, 1.82) is 0 Å². The molecule has 1 aliphatic heterocycles. The van der Waals surface area contributed by atoms with Crippen LogP contribution in [0.2, 0.25) is 0 Å². The molecule has 0 radical (unpaired) electrons. The molecule has 0 N–H and O–H groups in total. The molecule has 1 fully saturated rings. The molecule has 3 aromatic carbocycles. The van der Waals surface area contributed by atoms with Gasteiger partial charge >= 0.3 is 5.69 Å². The van der Waals surface area contributed by atoms with Gasteiger partial charge in [0.15, 0.2) is 0 Å². The van der Waals surface area contributed by atoms with Crippen molar-refractivity contribution in [3.8, 4) is 0 Å². The lowest BCUT2D eigenvalue weighted by Gasteiger charge is -2.32. The highest BCUT2D eigenvalue weighted by molar-refractivity contribution is 5.94. The molecule has 3 heterocycles. The second kappa shape index (κ2) is 12.3. The number of fused-ring (bicyclic) bond motifs is 2. The molecule has 1 amide bonds. The first kappa shape index (κ1) is 29.3. The molecule has 5 aromatic rings. The highest BCUT2D eigenvalue weighted by atomic mass is 16.2. The average molecular weight is 568 g/mol. The number of hydrogen-bond donors (Lipinski definition) is 0. The van der Waals surface area contributed by atoms with E-state index in [1.54, 1.807) is 0 Å². The zero-order valence-electron chi connectivity index (χ0n) is 24.0. The average Bonchev–Trinajstić information content (AvgIpc) is 3.46. The third-order valence-electron chi connectivity index (χ3n) is 8.06. The van der Waals surface area contributed by atoms with E-state index in [9.17, 15) is 9.59 Å². The van der Waals surface area contributed by atoms with E-state index in [0.29, 0.717) is 18.7 Å². The number of amides is 1. The van der Waals surface area contributed by atoms with E-state index in [1.165, 1.54) is 0 Å². The summed E-state index contributed by atoms with van der Waals surface area (Å²) in [6.45, 7) is 5.74. The van der Waals surface area contributed by atoms with Crippen molar-refractivity contribution >= 4 is 28.0 Å². The van der Waals surface area contributed by atoms with E-state index in [0.717, 1.165) is 72.7 Å². The van der Waals surface area contributed by atoms with Crippen molar-refractivity contribution in [3.63, 3.8) is 0 Å². The highest BCUT2D eigenvalue weighted by Gasteiger charge is 2.21. The van der Waals surface area contributed by atoms with Gasteiger partial charge in [-0.15, -0.1) is 0 Å². The Balaban J connectivity index is 0.00000353. The molecule has 0 atom stereocenters. The zero-order valence-corrected chi connectivity index (χ0v) is 24.0. The molecule has 9 heteroatoms. The van der Waals surface area contributed by atoms with Gasteiger partial charge < -0.3 is 19.3 Å². The third-order valence-corrected chi connectivity index (χ3v) is 8.06. The van der Waals surface area contributed by atoms with Crippen molar-refractivity contribution in [2.24, 2.45) is 0 Å². The van der Waals surface area contributed by atoms with Crippen LogP contribution in [0, 0.1) is 0 Å². The van der Waals surface area contributed by atoms with E-state index < -0.39 is 0 Å². The summed E-state index contributed by atoms with van der Waals surface area (Å²) in [7, 11) is 6.20. The van der Waals surface area contributed by atoms with Crippen LogP contribution in [0.4, 0.5) is 0 Å². The second-order valence-corrected chi connectivity index (χ2v) is 11.2. The monoisotopic (exact) mass is 567 g/mol. The summed E-state index contributed by atoms with van der Waals surface area (Å²) >= 11 is 0. The molecular weight excluding hydrogens is 526 g/mol. The van der Waals surface area contributed by atoms with E-state index >= 15 is 0 Å². The number of nitrogens with zero attached hydrogens (tertiary/aromatic N) is 7. The molecule has 0 unspecified atom stereocenters.